The summed E-state index contributed by atoms with van der Waals surface area (Å²) in [6, 6.07) is 6.49. The predicted molar refractivity (Wildman–Crippen MR) is 105 cm³/mol. The van der Waals surface area contributed by atoms with Gasteiger partial charge in [-0.3, -0.25) is 10.00 Å². The van der Waals surface area contributed by atoms with Crippen molar-refractivity contribution in [2.45, 2.75) is 39.3 Å². The summed E-state index contributed by atoms with van der Waals surface area (Å²) in [6.45, 7) is 4.75. The third kappa shape index (κ3) is 4.08. The van der Waals surface area contributed by atoms with Crippen molar-refractivity contribution < 1.29 is 0 Å². The number of rotatable bonds is 9. The molecule has 134 valence electrons. The van der Waals surface area contributed by atoms with E-state index in [9.17, 15) is 0 Å². The molecule has 0 atom stereocenters. The Balaban J connectivity index is 1.83. The predicted octanol–water partition coefficient (Wildman–Crippen LogP) is 2.67. The Labute approximate surface area is 148 Å². The number of unbranched alkanes of at least 4 members (excludes halogenated alkanes) is 2. The molecule has 0 saturated carbocycles. The molecule has 3 rings (SSSR count). The molecule has 0 unspecified atom stereocenters. The average molecular weight is 340 g/mol. The maximum absolute atomic E-state index is 6.18. The van der Waals surface area contributed by atoms with Crippen molar-refractivity contribution in [3.05, 3.63) is 30.0 Å². The standard InChI is InChI=1S/C19H28N6/c1-3-22-13-25-12-16-18(24-25)15-9-8-14(7-5-4-6-10-21-2)11-17(15)23-19(16)20/h8-9,11-12,21-22H,3-7,10,13H2,1-2H3,(H2,20,23). The van der Waals surface area contributed by atoms with E-state index in [-0.39, 0.29) is 0 Å². The van der Waals surface area contributed by atoms with Crippen LogP contribution >= 0.6 is 0 Å². The van der Waals surface area contributed by atoms with Gasteiger partial charge in [0.25, 0.3) is 0 Å². The topological polar surface area (TPSA) is 80.8 Å². The summed E-state index contributed by atoms with van der Waals surface area (Å²) < 4.78 is 1.89. The summed E-state index contributed by atoms with van der Waals surface area (Å²) in [4.78, 5) is 4.61. The number of pyridine rings is 1. The third-order valence-corrected chi connectivity index (χ3v) is 4.51. The molecule has 0 aliphatic carbocycles. The normalized spacial score (nSPS) is 11.6. The first-order valence-corrected chi connectivity index (χ1v) is 9.13. The molecular formula is C19H28N6. The highest BCUT2D eigenvalue weighted by Crippen LogP contribution is 2.27. The largest absolute Gasteiger partial charge is 0.383 e. The highest BCUT2D eigenvalue weighted by atomic mass is 15.3. The Morgan fingerprint density at radius 3 is 2.84 bits per heavy atom. The van der Waals surface area contributed by atoms with Crippen LogP contribution in [0.25, 0.3) is 21.8 Å². The first kappa shape index (κ1) is 17.6. The number of aromatic nitrogens is 3. The number of nitrogen functional groups attached to an aromatic ring is 1. The molecule has 0 bridgehead atoms. The molecule has 6 nitrogen and oxygen atoms in total. The second-order valence-corrected chi connectivity index (χ2v) is 6.46. The van der Waals surface area contributed by atoms with Gasteiger partial charge in [0.05, 0.1) is 17.6 Å². The highest BCUT2D eigenvalue weighted by molar-refractivity contribution is 6.07. The van der Waals surface area contributed by atoms with Crippen LogP contribution in [-0.4, -0.2) is 34.9 Å². The number of benzene rings is 1. The summed E-state index contributed by atoms with van der Waals surface area (Å²) in [5.74, 6) is 0.552. The summed E-state index contributed by atoms with van der Waals surface area (Å²) in [5, 5.41) is 13.1. The molecule has 2 aromatic heterocycles. The molecule has 0 aliphatic rings. The Hall–Kier alpha value is -2.18. The molecule has 0 amide bonds. The summed E-state index contributed by atoms with van der Waals surface area (Å²) in [7, 11) is 2.00. The van der Waals surface area contributed by atoms with Gasteiger partial charge in [-0.2, -0.15) is 5.10 Å². The maximum atomic E-state index is 6.18. The number of anilines is 1. The number of hydrogen-bond acceptors (Lipinski definition) is 5. The second kappa shape index (κ2) is 8.27. The summed E-state index contributed by atoms with van der Waals surface area (Å²) in [5.41, 5.74) is 9.36. The molecule has 0 fully saturated rings. The molecule has 0 radical (unpaired) electrons. The average Bonchev–Trinajstić information content (AvgIpc) is 3.05. The van der Waals surface area contributed by atoms with Gasteiger partial charge in [0.2, 0.25) is 0 Å². The van der Waals surface area contributed by atoms with E-state index >= 15 is 0 Å². The van der Waals surface area contributed by atoms with Crippen LogP contribution in [0.2, 0.25) is 0 Å². The minimum atomic E-state index is 0.552. The van der Waals surface area contributed by atoms with E-state index in [4.69, 9.17) is 10.8 Å². The molecule has 0 aliphatic heterocycles. The quantitative estimate of drug-likeness (QED) is 0.522. The van der Waals surface area contributed by atoms with E-state index < -0.39 is 0 Å². The molecule has 4 N–H and O–H groups in total. The zero-order chi connectivity index (χ0) is 17.6. The van der Waals surface area contributed by atoms with Gasteiger partial charge in [-0.05, 0) is 51.0 Å². The van der Waals surface area contributed by atoms with Crippen LogP contribution in [0.1, 0.15) is 31.7 Å². The minimum absolute atomic E-state index is 0.552. The van der Waals surface area contributed by atoms with Crippen LogP contribution in [0.5, 0.6) is 0 Å². The van der Waals surface area contributed by atoms with Crippen molar-refractivity contribution in [1.82, 2.24) is 25.4 Å². The number of nitrogens with one attached hydrogen (secondary N) is 2. The monoisotopic (exact) mass is 340 g/mol. The zero-order valence-corrected chi connectivity index (χ0v) is 15.2. The molecule has 25 heavy (non-hydrogen) atoms. The van der Waals surface area contributed by atoms with Crippen molar-refractivity contribution in [1.29, 1.82) is 0 Å². The van der Waals surface area contributed by atoms with Crippen molar-refractivity contribution in [3.63, 3.8) is 0 Å². The van der Waals surface area contributed by atoms with E-state index in [1.807, 2.05) is 17.9 Å². The fourth-order valence-corrected chi connectivity index (χ4v) is 3.14. The Kier molecular flexibility index (Phi) is 5.83. The van der Waals surface area contributed by atoms with Gasteiger partial charge in [-0.25, -0.2) is 4.98 Å². The van der Waals surface area contributed by atoms with Crippen molar-refractivity contribution in [2.75, 3.05) is 25.9 Å². The fourth-order valence-electron chi connectivity index (χ4n) is 3.14. The lowest BCUT2D eigenvalue weighted by atomic mass is 10.0. The van der Waals surface area contributed by atoms with Crippen LogP contribution in [0.4, 0.5) is 5.82 Å². The lowest BCUT2D eigenvalue weighted by Crippen LogP contribution is -2.17. The van der Waals surface area contributed by atoms with Crippen molar-refractivity contribution in [2.24, 2.45) is 0 Å². The molecule has 6 heteroatoms. The molecule has 0 spiro atoms. The van der Waals surface area contributed by atoms with E-state index in [0.29, 0.717) is 12.5 Å². The molecule has 0 saturated heterocycles. The van der Waals surface area contributed by atoms with Gasteiger partial charge in [0.1, 0.15) is 11.3 Å². The van der Waals surface area contributed by atoms with Gasteiger partial charge in [-0.1, -0.05) is 25.5 Å². The first-order valence-electron chi connectivity index (χ1n) is 9.13. The first-order chi connectivity index (χ1) is 12.2. The van der Waals surface area contributed by atoms with Gasteiger partial charge < -0.3 is 11.1 Å². The number of fused-ring (bicyclic) bond motifs is 3. The Bertz CT molecular complexity index is 839. The van der Waals surface area contributed by atoms with Crippen LogP contribution in [0.15, 0.2) is 24.4 Å². The van der Waals surface area contributed by atoms with Crippen LogP contribution < -0.4 is 16.4 Å². The fraction of sp³-hybridized carbons (Fsp3) is 0.474. The van der Waals surface area contributed by atoms with Crippen molar-refractivity contribution >= 4 is 27.6 Å². The minimum Gasteiger partial charge on any atom is -0.383 e. The summed E-state index contributed by atoms with van der Waals surface area (Å²) >= 11 is 0. The lowest BCUT2D eigenvalue weighted by Gasteiger charge is -2.05. The Morgan fingerprint density at radius 2 is 2.04 bits per heavy atom. The van der Waals surface area contributed by atoms with E-state index in [2.05, 4.69) is 40.7 Å². The zero-order valence-electron chi connectivity index (χ0n) is 15.2. The molecular weight excluding hydrogens is 312 g/mol. The van der Waals surface area contributed by atoms with Crippen molar-refractivity contribution in [3.8, 4) is 0 Å². The molecule has 2 heterocycles. The smallest absolute Gasteiger partial charge is 0.135 e. The van der Waals surface area contributed by atoms with Gasteiger partial charge in [-0.15, -0.1) is 0 Å². The van der Waals surface area contributed by atoms with Gasteiger partial charge >= 0.3 is 0 Å². The second-order valence-electron chi connectivity index (χ2n) is 6.46. The third-order valence-electron chi connectivity index (χ3n) is 4.51. The van der Waals surface area contributed by atoms with E-state index in [1.54, 1.807) is 0 Å². The van der Waals surface area contributed by atoms with E-state index in [0.717, 1.165) is 41.3 Å². The lowest BCUT2D eigenvalue weighted by molar-refractivity contribution is 0.530. The van der Waals surface area contributed by atoms with Gasteiger partial charge in [0.15, 0.2) is 0 Å². The SMILES string of the molecule is CCNCn1cc2c(N)nc3cc(CCCCCNC)ccc3c2n1. The van der Waals surface area contributed by atoms with E-state index in [1.165, 1.54) is 24.8 Å². The molecule has 3 aromatic rings. The Morgan fingerprint density at radius 1 is 1.16 bits per heavy atom. The maximum Gasteiger partial charge on any atom is 0.135 e. The number of nitrogens with zero attached hydrogens (tertiary/aromatic N) is 3. The van der Waals surface area contributed by atoms with Crippen LogP contribution in [-0.2, 0) is 13.1 Å². The van der Waals surface area contributed by atoms with Gasteiger partial charge in [0, 0.05) is 11.6 Å². The number of hydrogen-bond donors (Lipinski definition) is 3. The number of aryl methyl sites for hydroxylation is 1. The van der Waals surface area contributed by atoms with Crippen LogP contribution in [0, 0.1) is 0 Å². The highest BCUT2D eigenvalue weighted by Gasteiger charge is 2.11. The number of nitrogens with two attached hydrogens (primary N) is 1. The summed E-state index contributed by atoms with van der Waals surface area (Å²) in [6.07, 6.45) is 6.70. The van der Waals surface area contributed by atoms with Crippen LogP contribution in [0.3, 0.4) is 0 Å². The molecule has 1 aromatic carbocycles.